The highest BCUT2D eigenvalue weighted by Crippen LogP contribution is 2.36. The fourth-order valence-corrected chi connectivity index (χ4v) is 5.67. The average molecular weight is 382 g/mol. The van der Waals surface area contributed by atoms with E-state index in [-0.39, 0.29) is 5.91 Å². The second kappa shape index (κ2) is 6.21. The largest absolute Gasteiger partial charge is 0.333 e. The summed E-state index contributed by atoms with van der Waals surface area (Å²) in [4.78, 5) is 17.5. The Morgan fingerprint density at radius 3 is 2.88 bits per heavy atom. The third kappa shape index (κ3) is 2.64. The van der Waals surface area contributed by atoms with E-state index in [2.05, 4.69) is 26.3 Å². The van der Waals surface area contributed by atoms with Crippen molar-refractivity contribution in [2.75, 3.05) is 5.32 Å². The molecular formula is C20H19N3OS2. The van der Waals surface area contributed by atoms with Crippen LogP contribution in [0, 0.1) is 6.92 Å². The summed E-state index contributed by atoms with van der Waals surface area (Å²) in [7, 11) is 0. The molecular weight excluding hydrogens is 362 g/mol. The molecule has 0 radical (unpaired) electrons. The van der Waals surface area contributed by atoms with E-state index in [1.807, 2.05) is 31.2 Å². The van der Waals surface area contributed by atoms with Crippen molar-refractivity contribution in [1.82, 2.24) is 9.55 Å². The van der Waals surface area contributed by atoms with E-state index in [9.17, 15) is 4.79 Å². The molecule has 3 aromatic heterocycles. The topological polar surface area (TPSA) is 46.9 Å². The molecule has 1 amide bonds. The minimum absolute atomic E-state index is 0.0270. The number of anilines is 1. The highest BCUT2D eigenvalue weighted by atomic mass is 32.1. The number of hydrogen-bond acceptors (Lipinski definition) is 4. The highest BCUT2D eigenvalue weighted by molar-refractivity contribution is 7.18. The Hall–Kier alpha value is -2.18. The summed E-state index contributed by atoms with van der Waals surface area (Å²) in [6.07, 6.45) is 4.81. The Balaban J connectivity index is 1.51. The molecule has 0 unspecified atom stereocenters. The summed E-state index contributed by atoms with van der Waals surface area (Å²) in [6, 6.07) is 10.6. The van der Waals surface area contributed by atoms with Crippen molar-refractivity contribution < 1.29 is 4.79 Å². The van der Waals surface area contributed by atoms with Crippen LogP contribution >= 0.6 is 22.7 Å². The standard InChI is InChI=1S/C20H19N3OS2/c1-12-21-15-7-6-13(10-18(15)26-12)22-20(24)17-11-19-16(8-9-25-19)23(17)14-4-2-3-5-14/h6-11,14H,2-5H2,1H3,(H,22,24). The predicted octanol–water partition coefficient (Wildman–Crippen LogP) is 5.99. The van der Waals surface area contributed by atoms with Gasteiger partial charge in [0.05, 0.1) is 25.4 Å². The second-order valence-corrected chi connectivity index (χ2v) is 9.06. The Bertz CT molecular complexity index is 1110. The maximum atomic E-state index is 13.1. The molecule has 1 N–H and O–H groups in total. The van der Waals surface area contributed by atoms with Gasteiger partial charge in [-0.15, -0.1) is 22.7 Å². The summed E-state index contributed by atoms with van der Waals surface area (Å²) in [5, 5.41) is 6.25. The Morgan fingerprint density at radius 1 is 1.19 bits per heavy atom. The molecule has 0 saturated heterocycles. The van der Waals surface area contributed by atoms with Crippen molar-refractivity contribution in [3.05, 3.63) is 46.4 Å². The number of thiophene rings is 1. The second-order valence-electron chi connectivity index (χ2n) is 6.88. The molecule has 4 nitrogen and oxygen atoms in total. The monoisotopic (exact) mass is 381 g/mol. The van der Waals surface area contributed by atoms with Crippen LogP contribution in [0.15, 0.2) is 35.7 Å². The Morgan fingerprint density at radius 2 is 2.04 bits per heavy atom. The number of nitrogens with one attached hydrogen (secondary N) is 1. The van der Waals surface area contributed by atoms with E-state index in [0.29, 0.717) is 6.04 Å². The number of thiazole rings is 1. The van der Waals surface area contributed by atoms with Gasteiger partial charge in [-0.1, -0.05) is 12.8 Å². The quantitative estimate of drug-likeness (QED) is 0.474. The summed E-state index contributed by atoms with van der Waals surface area (Å²) in [6.45, 7) is 2.00. The lowest BCUT2D eigenvalue weighted by molar-refractivity contribution is 0.101. The van der Waals surface area contributed by atoms with Crippen LogP contribution in [0.1, 0.15) is 47.2 Å². The molecule has 1 aromatic carbocycles. The van der Waals surface area contributed by atoms with Crippen molar-refractivity contribution in [2.24, 2.45) is 0 Å². The fourth-order valence-electron chi connectivity index (χ4n) is 3.99. The first-order valence-corrected chi connectivity index (χ1v) is 10.7. The number of carbonyl (C=O) groups excluding carboxylic acids is 1. The molecule has 26 heavy (non-hydrogen) atoms. The molecule has 1 saturated carbocycles. The number of fused-ring (bicyclic) bond motifs is 2. The van der Waals surface area contributed by atoms with Crippen LogP contribution in [0.25, 0.3) is 20.4 Å². The zero-order valence-electron chi connectivity index (χ0n) is 14.5. The molecule has 1 aliphatic carbocycles. The molecule has 4 aromatic rings. The molecule has 0 atom stereocenters. The van der Waals surface area contributed by atoms with Crippen LogP contribution in [0.5, 0.6) is 0 Å². The van der Waals surface area contributed by atoms with E-state index in [1.54, 1.807) is 22.7 Å². The van der Waals surface area contributed by atoms with Crippen LogP contribution in [-0.4, -0.2) is 15.5 Å². The first-order valence-electron chi connectivity index (χ1n) is 8.96. The van der Waals surface area contributed by atoms with Crippen molar-refractivity contribution in [3.8, 4) is 0 Å². The third-order valence-corrected chi connectivity index (χ3v) is 6.92. The van der Waals surface area contributed by atoms with Gasteiger partial charge in [-0.25, -0.2) is 4.98 Å². The number of rotatable bonds is 3. The van der Waals surface area contributed by atoms with Gasteiger partial charge in [0, 0.05) is 11.7 Å². The van der Waals surface area contributed by atoms with E-state index in [4.69, 9.17) is 0 Å². The number of amides is 1. The Kier molecular flexibility index (Phi) is 3.83. The molecule has 0 spiro atoms. The maximum Gasteiger partial charge on any atom is 0.272 e. The average Bonchev–Trinajstić information content (AvgIpc) is 3.37. The van der Waals surface area contributed by atoms with Gasteiger partial charge in [0.1, 0.15) is 5.69 Å². The minimum Gasteiger partial charge on any atom is -0.333 e. The first-order chi connectivity index (χ1) is 12.7. The van der Waals surface area contributed by atoms with E-state index in [1.165, 1.54) is 23.1 Å². The van der Waals surface area contributed by atoms with E-state index < -0.39 is 0 Å². The van der Waals surface area contributed by atoms with E-state index >= 15 is 0 Å². The van der Waals surface area contributed by atoms with Crippen molar-refractivity contribution >= 4 is 54.7 Å². The van der Waals surface area contributed by atoms with Crippen LogP contribution in [0.2, 0.25) is 0 Å². The molecule has 0 bridgehead atoms. The fraction of sp³-hybridized carbons (Fsp3) is 0.300. The van der Waals surface area contributed by atoms with Crippen molar-refractivity contribution in [1.29, 1.82) is 0 Å². The van der Waals surface area contributed by atoms with Crippen molar-refractivity contribution in [2.45, 2.75) is 38.6 Å². The third-order valence-electron chi connectivity index (χ3n) is 5.14. The van der Waals surface area contributed by atoms with Crippen LogP contribution in [0.3, 0.4) is 0 Å². The molecule has 3 heterocycles. The lowest BCUT2D eigenvalue weighted by Crippen LogP contribution is -2.19. The van der Waals surface area contributed by atoms with Gasteiger partial charge >= 0.3 is 0 Å². The molecule has 1 fully saturated rings. The molecule has 1 aliphatic rings. The maximum absolute atomic E-state index is 13.1. The molecule has 5 rings (SSSR count). The molecule has 132 valence electrons. The predicted molar refractivity (Wildman–Crippen MR) is 110 cm³/mol. The number of hydrogen-bond donors (Lipinski definition) is 1. The van der Waals surface area contributed by atoms with Gasteiger partial charge in [0.2, 0.25) is 0 Å². The smallest absolute Gasteiger partial charge is 0.272 e. The lowest BCUT2D eigenvalue weighted by atomic mass is 10.2. The van der Waals surface area contributed by atoms with Gasteiger partial charge in [-0.2, -0.15) is 0 Å². The molecule has 6 heteroatoms. The summed E-state index contributed by atoms with van der Waals surface area (Å²) in [5.74, 6) is -0.0270. The number of aryl methyl sites for hydroxylation is 1. The van der Waals surface area contributed by atoms with Crippen molar-refractivity contribution in [3.63, 3.8) is 0 Å². The van der Waals surface area contributed by atoms with Crippen LogP contribution in [0.4, 0.5) is 5.69 Å². The number of carbonyl (C=O) groups is 1. The lowest BCUT2D eigenvalue weighted by Gasteiger charge is -2.17. The number of benzene rings is 1. The van der Waals surface area contributed by atoms with Gasteiger partial charge in [-0.3, -0.25) is 4.79 Å². The summed E-state index contributed by atoms with van der Waals surface area (Å²) in [5.41, 5.74) is 3.79. The SMILES string of the molecule is Cc1nc2ccc(NC(=O)c3cc4sccc4n3C3CCCC3)cc2s1. The van der Waals surface area contributed by atoms with Crippen LogP contribution < -0.4 is 5.32 Å². The molecule has 0 aliphatic heterocycles. The van der Waals surface area contributed by atoms with Gasteiger partial charge in [-0.05, 0) is 55.5 Å². The normalized spacial score (nSPS) is 15.3. The van der Waals surface area contributed by atoms with Gasteiger partial charge < -0.3 is 9.88 Å². The minimum atomic E-state index is -0.0270. The van der Waals surface area contributed by atoms with Gasteiger partial charge in [0.15, 0.2) is 0 Å². The number of nitrogens with zero attached hydrogens (tertiary/aromatic N) is 2. The zero-order chi connectivity index (χ0) is 17.7. The zero-order valence-corrected chi connectivity index (χ0v) is 16.1. The van der Waals surface area contributed by atoms with Crippen LogP contribution in [-0.2, 0) is 0 Å². The van der Waals surface area contributed by atoms with Gasteiger partial charge in [0.25, 0.3) is 5.91 Å². The Labute approximate surface area is 159 Å². The highest BCUT2D eigenvalue weighted by Gasteiger charge is 2.25. The number of aromatic nitrogens is 2. The summed E-state index contributed by atoms with van der Waals surface area (Å²) < 4.78 is 4.56. The first kappa shape index (κ1) is 16.0. The summed E-state index contributed by atoms with van der Waals surface area (Å²) >= 11 is 3.35. The van der Waals surface area contributed by atoms with E-state index in [0.717, 1.165) is 39.4 Å².